The lowest BCUT2D eigenvalue weighted by molar-refractivity contribution is 0.116. The standard InChI is InChI=1S/C19H23N5O2/c1-8(2)24-11-6-9(3)16(25)14-15(23-26-17(14)10-4-5-10)12(11)13-18(20)21-7-22-19(13)24/h7-10,16,25H,4-6H2,1-3H3,(H2,20,21,22)/t9-,16-/m0/s1. The van der Waals surface area contributed by atoms with E-state index in [2.05, 4.69) is 40.5 Å². The number of anilines is 1. The summed E-state index contributed by atoms with van der Waals surface area (Å²) in [6.07, 6.45) is 3.82. The number of aliphatic hydroxyl groups is 1. The zero-order valence-electron chi connectivity index (χ0n) is 15.2. The third-order valence-electron chi connectivity index (χ3n) is 5.72. The van der Waals surface area contributed by atoms with E-state index in [1.54, 1.807) is 0 Å². The third kappa shape index (κ3) is 2.00. The molecule has 3 heterocycles. The van der Waals surface area contributed by atoms with Crippen molar-refractivity contribution in [2.45, 2.75) is 58.1 Å². The molecule has 7 heteroatoms. The normalized spacial score (nSPS) is 22.5. The van der Waals surface area contributed by atoms with E-state index in [-0.39, 0.29) is 12.0 Å². The van der Waals surface area contributed by atoms with Gasteiger partial charge in [0, 0.05) is 23.2 Å². The Balaban J connectivity index is 1.91. The van der Waals surface area contributed by atoms with Crippen LogP contribution in [0.1, 0.15) is 68.7 Å². The number of nitrogen functional groups attached to an aromatic ring is 1. The van der Waals surface area contributed by atoms with Gasteiger partial charge in [-0.15, -0.1) is 0 Å². The molecule has 26 heavy (non-hydrogen) atoms. The molecule has 2 atom stereocenters. The van der Waals surface area contributed by atoms with Gasteiger partial charge in [-0.2, -0.15) is 0 Å². The Morgan fingerprint density at radius 2 is 2.08 bits per heavy atom. The lowest BCUT2D eigenvalue weighted by Crippen LogP contribution is -2.14. The summed E-state index contributed by atoms with van der Waals surface area (Å²) in [6.45, 7) is 6.33. The minimum absolute atomic E-state index is 0.0443. The number of rotatable bonds is 2. The van der Waals surface area contributed by atoms with Crippen LogP contribution in [0, 0.1) is 5.92 Å². The van der Waals surface area contributed by atoms with E-state index in [9.17, 15) is 5.11 Å². The second-order valence-electron chi connectivity index (χ2n) is 7.95. The molecule has 1 saturated carbocycles. The SMILES string of the molecule is CC(C)n1c2c(c3c(N)ncnc31)-c1noc(C3CC3)c1[C@@H](O)[C@@H](C)C2. The Morgan fingerprint density at radius 1 is 1.31 bits per heavy atom. The van der Waals surface area contributed by atoms with Crippen LogP contribution >= 0.6 is 0 Å². The van der Waals surface area contributed by atoms with E-state index >= 15 is 0 Å². The Kier molecular flexibility index (Phi) is 3.22. The Bertz CT molecular complexity index is 1010. The first kappa shape index (κ1) is 15.8. The highest BCUT2D eigenvalue weighted by atomic mass is 16.5. The van der Waals surface area contributed by atoms with Gasteiger partial charge in [0.2, 0.25) is 0 Å². The largest absolute Gasteiger partial charge is 0.388 e. The first-order valence-corrected chi connectivity index (χ1v) is 9.30. The van der Waals surface area contributed by atoms with Crippen LogP contribution in [-0.4, -0.2) is 24.8 Å². The van der Waals surface area contributed by atoms with E-state index in [0.29, 0.717) is 17.4 Å². The highest BCUT2D eigenvalue weighted by Crippen LogP contribution is 2.51. The average Bonchev–Trinajstić information content (AvgIpc) is 3.28. The monoisotopic (exact) mass is 353 g/mol. The third-order valence-corrected chi connectivity index (χ3v) is 5.72. The molecule has 0 aliphatic heterocycles. The molecule has 2 aliphatic rings. The van der Waals surface area contributed by atoms with E-state index in [0.717, 1.165) is 52.9 Å². The Morgan fingerprint density at radius 3 is 2.77 bits per heavy atom. The predicted molar refractivity (Wildman–Crippen MR) is 97.6 cm³/mol. The van der Waals surface area contributed by atoms with E-state index in [1.807, 2.05) is 0 Å². The van der Waals surface area contributed by atoms with Crippen molar-refractivity contribution >= 4 is 16.9 Å². The van der Waals surface area contributed by atoms with Gasteiger partial charge in [-0.25, -0.2) is 9.97 Å². The second kappa shape index (κ2) is 5.30. The Hall–Kier alpha value is -2.41. The van der Waals surface area contributed by atoms with Crippen LogP contribution in [0.5, 0.6) is 0 Å². The molecule has 0 aromatic carbocycles. The van der Waals surface area contributed by atoms with Gasteiger partial charge in [-0.05, 0) is 39.0 Å². The zero-order chi connectivity index (χ0) is 18.2. The van der Waals surface area contributed by atoms with Gasteiger partial charge in [0.25, 0.3) is 0 Å². The van der Waals surface area contributed by atoms with Crippen LogP contribution in [0.3, 0.4) is 0 Å². The molecule has 3 aromatic rings. The van der Waals surface area contributed by atoms with Crippen LogP contribution in [0.25, 0.3) is 22.3 Å². The van der Waals surface area contributed by atoms with Crippen molar-refractivity contribution < 1.29 is 9.63 Å². The van der Waals surface area contributed by atoms with Crippen LogP contribution < -0.4 is 5.73 Å². The fourth-order valence-corrected chi connectivity index (χ4v) is 4.33. The number of aliphatic hydroxyl groups excluding tert-OH is 1. The molecule has 3 aromatic heterocycles. The van der Waals surface area contributed by atoms with Crippen molar-refractivity contribution in [1.29, 1.82) is 0 Å². The second-order valence-corrected chi connectivity index (χ2v) is 7.95. The molecule has 2 aliphatic carbocycles. The maximum Gasteiger partial charge on any atom is 0.146 e. The van der Waals surface area contributed by atoms with Crippen molar-refractivity contribution in [2.24, 2.45) is 5.92 Å². The van der Waals surface area contributed by atoms with Crippen molar-refractivity contribution in [1.82, 2.24) is 19.7 Å². The molecule has 3 N–H and O–H groups in total. The number of nitrogens with zero attached hydrogens (tertiary/aromatic N) is 4. The highest BCUT2D eigenvalue weighted by Gasteiger charge is 2.41. The minimum atomic E-state index is -0.597. The van der Waals surface area contributed by atoms with Crippen LogP contribution in [0.15, 0.2) is 10.9 Å². The smallest absolute Gasteiger partial charge is 0.146 e. The van der Waals surface area contributed by atoms with Crippen LogP contribution in [0.2, 0.25) is 0 Å². The van der Waals surface area contributed by atoms with Gasteiger partial charge in [0.1, 0.15) is 29.2 Å². The van der Waals surface area contributed by atoms with Gasteiger partial charge in [0.15, 0.2) is 0 Å². The quantitative estimate of drug-likeness (QED) is 0.732. The lowest BCUT2D eigenvalue weighted by atomic mass is 9.94. The molecule has 0 bridgehead atoms. The van der Waals surface area contributed by atoms with Crippen LogP contribution in [-0.2, 0) is 6.42 Å². The average molecular weight is 353 g/mol. The fourth-order valence-electron chi connectivity index (χ4n) is 4.33. The molecule has 5 rings (SSSR count). The van der Waals surface area contributed by atoms with Crippen molar-refractivity contribution in [3.8, 4) is 11.3 Å². The van der Waals surface area contributed by atoms with Crippen molar-refractivity contribution in [2.75, 3.05) is 5.73 Å². The summed E-state index contributed by atoms with van der Waals surface area (Å²) in [6, 6.07) is 0.205. The molecule has 0 spiro atoms. The first-order chi connectivity index (χ1) is 12.5. The van der Waals surface area contributed by atoms with E-state index in [4.69, 9.17) is 10.3 Å². The first-order valence-electron chi connectivity index (χ1n) is 9.30. The number of nitrogens with two attached hydrogens (primary N) is 1. The van der Waals surface area contributed by atoms with Gasteiger partial charge in [-0.3, -0.25) is 0 Å². The molecule has 0 saturated heterocycles. The molecule has 7 nitrogen and oxygen atoms in total. The topological polar surface area (TPSA) is 103 Å². The number of fused-ring (bicyclic) bond motifs is 5. The molecule has 1 fully saturated rings. The molecular weight excluding hydrogens is 330 g/mol. The maximum atomic E-state index is 11.0. The van der Waals surface area contributed by atoms with E-state index in [1.165, 1.54) is 6.33 Å². The molecule has 0 radical (unpaired) electrons. The predicted octanol–water partition coefficient (Wildman–Crippen LogP) is 3.35. The van der Waals surface area contributed by atoms with Gasteiger partial charge < -0.3 is 19.9 Å². The zero-order valence-corrected chi connectivity index (χ0v) is 15.2. The minimum Gasteiger partial charge on any atom is -0.388 e. The summed E-state index contributed by atoms with van der Waals surface area (Å²) < 4.78 is 7.93. The summed E-state index contributed by atoms with van der Waals surface area (Å²) in [5.74, 6) is 1.70. The van der Waals surface area contributed by atoms with Gasteiger partial charge in [0.05, 0.1) is 17.1 Å². The summed E-state index contributed by atoms with van der Waals surface area (Å²) in [5.41, 5.74) is 10.7. The highest BCUT2D eigenvalue weighted by molar-refractivity contribution is 6.02. The molecule has 136 valence electrons. The fraction of sp³-hybridized carbons (Fsp3) is 0.526. The summed E-state index contributed by atoms with van der Waals surface area (Å²) in [5, 5.41) is 16.3. The Labute approximate surface area is 151 Å². The molecule has 0 amide bonds. The number of hydrogen-bond donors (Lipinski definition) is 2. The summed E-state index contributed by atoms with van der Waals surface area (Å²) in [7, 11) is 0. The van der Waals surface area contributed by atoms with Crippen molar-refractivity contribution in [3.05, 3.63) is 23.3 Å². The molecular formula is C19H23N5O2. The molecule has 0 unspecified atom stereocenters. The van der Waals surface area contributed by atoms with Gasteiger partial charge in [-0.1, -0.05) is 12.1 Å². The lowest BCUT2D eigenvalue weighted by Gasteiger charge is -2.19. The number of aromatic nitrogens is 4. The maximum absolute atomic E-state index is 11.0. The number of hydrogen-bond acceptors (Lipinski definition) is 6. The summed E-state index contributed by atoms with van der Waals surface area (Å²) in [4.78, 5) is 8.74. The van der Waals surface area contributed by atoms with Crippen LogP contribution in [0.4, 0.5) is 5.82 Å². The van der Waals surface area contributed by atoms with Gasteiger partial charge >= 0.3 is 0 Å². The van der Waals surface area contributed by atoms with Crippen molar-refractivity contribution in [3.63, 3.8) is 0 Å². The van der Waals surface area contributed by atoms with E-state index < -0.39 is 6.10 Å². The summed E-state index contributed by atoms with van der Waals surface area (Å²) >= 11 is 0.